The molecule has 5 heteroatoms. The van der Waals surface area contributed by atoms with Crippen molar-refractivity contribution < 1.29 is 8.42 Å². The number of nitrogens with one attached hydrogen (secondary N) is 1. The van der Waals surface area contributed by atoms with Crippen molar-refractivity contribution in [2.24, 2.45) is 4.40 Å². The number of fused-ring (bicyclic) bond motifs is 1. The Bertz CT molecular complexity index is 839. The Morgan fingerprint density at radius 2 is 1.86 bits per heavy atom. The summed E-state index contributed by atoms with van der Waals surface area (Å²) in [5, 5.41) is 3.21. The van der Waals surface area contributed by atoms with Crippen molar-refractivity contribution in [1.29, 1.82) is 0 Å². The number of benzene rings is 2. The minimum Gasteiger partial charge on any atom is -0.339 e. The van der Waals surface area contributed by atoms with Crippen LogP contribution < -0.4 is 5.32 Å². The van der Waals surface area contributed by atoms with Crippen LogP contribution in [0.2, 0.25) is 0 Å². The van der Waals surface area contributed by atoms with Crippen LogP contribution in [-0.4, -0.2) is 14.3 Å². The molecule has 1 aliphatic rings. The van der Waals surface area contributed by atoms with E-state index in [1.54, 1.807) is 18.2 Å². The first-order chi connectivity index (χ1) is 10.0. The van der Waals surface area contributed by atoms with E-state index in [2.05, 4.69) is 16.6 Å². The fourth-order valence-corrected chi connectivity index (χ4v) is 3.69. The first kappa shape index (κ1) is 13.8. The van der Waals surface area contributed by atoms with Gasteiger partial charge < -0.3 is 5.32 Å². The largest absolute Gasteiger partial charge is 0.339 e. The molecule has 2 aromatic carbocycles. The quantitative estimate of drug-likeness (QED) is 0.927. The van der Waals surface area contributed by atoms with Gasteiger partial charge in [-0.05, 0) is 36.6 Å². The highest BCUT2D eigenvalue weighted by Crippen LogP contribution is 2.29. The molecule has 108 valence electrons. The predicted molar refractivity (Wildman–Crippen MR) is 84.3 cm³/mol. The lowest BCUT2D eigenvalue weighted by molar-refractivity contribution is 0.599. The number of amidine groups is 1. The Morgan fingerprint density at radius 3 is 2.62 bits per heavy atom. The summed E-state index contributed by atoms with van der Waals surface area (Å²) >= 11 is 0. The van der Waals surface area contributed by atoms with Gasteiger partial charge >= 0.3 is 0 Å². The van der Waals surface area contributed by atoms with Crippen LogP contribution in [-0.2, 0) is 16.4 Å². The smallest absolute Gasteiger partial charge is 0.285 e. The van der Waals surface area contributed by atoms with E-state index in [9.17, 15) is 8.42 Å². The summed E-state index contributed by atoms with van der Waals surface area (Å²) in [6.07, 6.45) is 0.867. The molecule has 0 spiro atoms. The van der Waals surface area contributed by atoms with Crippen LogP contribution in [0.1, 0.15) is 23.6 Å². The second-order valence-electron chi connectivity index (χ2n) is 5.00. The highest BCUT2D eigenvalue weighted by Gasteiger charge is 2.28. The number of rotatable bonds is 2. The summed E-state index contributed by atoms with van der Waals surface area (Å²) in [6, 6.07) is 12.9. The monoisotopic (exact) mass is 300 g/mol. The van der Waals surface area contributed by atoms with Gasteiger partial charge in [0.2, 0.25) is 0 Å². The zero-order valence-corrected chi connectivity index (χ0v) is 12.7. The number of para-hydroxylation sites is 1. The number of anilines is 1. The maximum atomic E-state index is 12.1. The minimum atomic E-state index is -3.58. The van der Waals surface area contributed by atoms with Crippen molar-refractivity contribution >= 4 is 21.5 Å². The van der Waals surface area contributed by atoms with Gasteiger partial charge in [0.05, 0.1) is 0 Å². The summed E-state index contributed by atoms with van der Waals surface area (Å²) in [5.74, 6) is 0.398. The van der Waals surface area contributed by atoms with Crippen LogP contribution in [0.25, 0.3) is 0 Å². The average molecular weight is 300 g/mol. The summed E-state index contributed by atoms with van der Waals surface area (Å²) in [4.78, 5) is 0.263. The standard InChI is InChI=1S/C16H16N2O2S/c1-3-12-8-6-7-11(2)15(12)17-16-13-9-4-5-10-14(13)21(19,20)18-16/h4-10H,3H2,1-2H3,(H,17,18). The van der Waals surface area contributed by atoms with Crippen LogP contribution in [0, 0.1) is 6.92 Å². The normalized spacial score (nSPS) is 15.4. The third-order valence-corrected chi connectivity index (χ3v) is 4.95. The fourth-order valence-electron chi connectivity index (χ4n) is 2.52. The summed E-state index contributed by atoms with van der Waals surface area (Å²) in [7, 11) is -3.58. The van der Waals surface area contributed by atoms with E-state index < -0.39 is 10.0 Å². The van der Waals surface area contributed by atoms with Gasteiger partial charge in [-0.1, -0.05) is 37.3 Å². The molecule has 0 saturated heterocycles. The molecule has 3 rings (SSSR count). The van der Waals surface area contributed by atoms with Crippen molar-refractivity contribution in [1.82, 2.24) is 0 Å². The number of hydrogen-bond donors (Lipinski definition) is 1. The van der Waals surface area contributed by atoms with E-state index >= 15 is 0 Å². The number of hydrogen-bond acceptors (Lipinski definition) is 3. The first-order valence-electron chi connectivity index (χ1n) is 6.83. The van der Waals surface area contributed by atoms with Gasteiger partial charge in [0, 0.05) is 11.3 Å². The highest BCUT2D eigenvalue weighted by molar-refractivity contribution is 7.90. The molecule has 0 saturated carbocycles. The van der Waals surface area contributed by atoms with Crippen LogP contribution >= 0.6 is 0 Å². The lowest BCUT2D eigenvalue weighted by atomic mass is 10.1. The summed E-state index contributed by atoms with van der Waals surface area (Å²) in [6.45, 7) is 4.07. The Kier molecular flexibility index (Phi) is 3.29. The lowest BCUT2D eigenvalue weighted by Gasteiger charge is -2.13. The van der Waals surface area contributed by atoms with Crippen molar-refractivity contribution in [3.63, 3.8) is 0 Å². The Hall–Kier alpha value is -2.14. The third kappa shape index (κ3) is 2.34. The molecular weight excluding hydrogens is 284 g/mol. The predicted octanol–water partition coefficient (Wildman–Crippen LogP) is 3.12. The molecule has 2 aromatic rings. The molecule has 0 aromatic heterocycles. The van der Waals surface area contributed by atoms with Crippen molar-refractivity contribution in [3.8, 4) is 0 Å². The molecular formula is C16H16N2O2S. The second kappa shape index (κ2) is 5.00. The van der Waals surface area contributed by atoms with Gasteiger partial charge in [0.1, 0.15) is 4.90 Å². The third-order valence-electron chi connectivity index (χ3n) is 3.61. The van der Waals surface area contributed by atoms with Gasteiger partial charge in [-0.3, -0.25) is 0 Å². The topological polar surface area (TPSA) is 58.5 Å². The van der Waals surface area contributed by atoms with Gasteiger partial charge in [-0.15, -0.1) is 4.40 Å². The molecule has 0 fully saturated rings. The number of sulfonamides is 1. The fraction of sp³-hybridized carbons (Fsp3) is 0.188. The van der Waals surface area contributed by atoms with Gasteiger partial charge in [-0.25, -0.2) is 0 Å². The van der Waals surface area contributed by atoms with E-state index in [0.29, 0.717) is 11.4 Å². The minimum absolute atomic E-state index is 0.263. The molecule has 21 heavy (non-hydrogen) atoms. The summed E-state index contributed by atoms with van der Waals surface area (Å²) < 4.78 is 28.0. The van der Waals surface area contributed by atoms with E-state index in [1.165, 1.54) is 0 Å². The zero-order valence-electron chi connectivity index (χ0n) is 11.9. The highest BCUT2D eigenvalue weighted by atomic mass is 32.2. The molecule has 1 aliphatic heterocycles. The summed E-state index contributed by atoms with van der Waals surface area (Å²) in [5.41, 5.74) is 3.77. The molecule has 0 bridgehead atoms. The van der Waals surface area contributed by atoms with Gasteiger partial charge in [0.25, 0.3) is 10.0 Å². The van der Waals surface area contributed by atoms with Crippen molar-refractivity contribution in [3.05, 3.63) is 59.2 Å². The Morgan fingerprint density at radius 1 is 1.10 bits per heavy atom. The maximum absolute atomic E-state index is 12.1. The molecule has 1 N–H and O–H groups in total. The lowest BCUT2D eigenvalue weighted by Crippen LogP contribution is -2.13. The molecule has 0 radical (unpaired) electrons. The zero-order chi connectivity index (χ0) is 15.0. The molecule has 0 unspecified atom stereocenters. The number of aryl methyl sites for hydroxylation is 2. The van der Waals surface area contributed by atoms with Gasteiger partial charge in [-0.2, -0.15) is 8.42 Å². The molecule has 0 atom stereocenters. The Labute approximate surface area is 124 Å². The van der Waals surface area contributed by atoms with Crippen molar-refractivity contribution in [2.75, 3.05) is 5.32 Å². The molecule has 0 amide bonds. The Balaban J connectivity index is 2.09. The van der Waals surface area contributed by atoms with E-state index in [4.69, 9.17) is 0 Å². The second-order valence-corrected chi connectivity index (χ2v) is 6.57. The SMILES string of the molecule is CCc1cccc(C)c1NC1=NS(=O)(=O)c2ccccc21. The van der Waals surface area contributed by atoms with E-state index in [1.807, 2.05) is 31.2 Å². The molecule has 0 aliphatic carbocycles. The van der Waals surface area contributed by atoms with Crippen molar-refractivity contribution in [2.45, 2.75) is 25.2 Å². The van der Waals surface area contributed by atoms with Crippen LogP contribution in [0.3, 0.4) is 0 Å². The van der Waals surface area contributed by atoms with Crippen LogP contribution in [0.15, 0.2) is 51.8 Å². The van der Waals surface area contributed by atoms with Crippen LogP contribution in [0.4, 0.5) is 5.69 Å². The van der Waals surface area contributed by atoms with Gasteiger partial charge in [0.15, 0.2) is 5.84 Å². The van der Waals surface area contributed by atoms with E-state index in [0.717, 1.165) is 23.2 Å². The number of nitrogens with zero attached hydrogens (tertiary/aromatic N) is 1. The maximum Gasteiger partial charge on any atom is 0.285 e. The molecule has 1 heterocycles. The average Bonchev–Trinajstić information content (AvgIpc) is 2.73. The first-order valence-corrected chi connectivity index (χ1v) is 8.27. The van der Waals surface area contributed by atoms with E-state index in [-0.39, 0.29) is 4.90 Å². The molecule has 4 nitrogen and oxygen atoms in total. The van der Waals surface area contributed by atoms with Crippen LogP contribution in [0.5, 0.6) is 0 Å².